The number of carbonyl (C=O) groups excluding carboxylic acids is 1. The van der Waals surface area contributed by atoms with Crippen LogP contribution in [0.3, 0.4) is 0 Å². The third-order valence-electron chi connectivity index (χ3n) is 4.23. The highest BCUT2D eigenvalue weighted by atomic mass is 16.5. The summed E-state index contributed by atoms with van der Waals surface area (Å²) >= 11 is 0. The van der Waals surface area contributed by atoms with Crippen LogP contribution in [0.15, 0.2) is 48.5 Å². The second-order valence-corrected chi connectivity index (χ2v) is 6.12. The van der Waals surface area contributed by atoms with Crippen LogP contribution in [-0.2, 0) is 16.1 Å². The molecule has 0 aliphatic carbocycles. The molecule has 0 radical (unpaired) electrons. The fourth-order valence-electron chi connectivity index (χ4n) is 2.70. The first-order valence-corrected chi connectivity index (χ1v) is 8.76. The maximum Gasteiger partial charge on any atom is 0.338 e. The van der Waals surface area contributed by atoms with Crippen molar-refractivity contribution in [1.29, 1.82) is 0 Å². The molecule has 1 aliphatic heterocycles. The number of anilines is 1. The molecule has 6 heteroatoms. The normalized spacial score (nSPS) is 14.8. The number of nitrogens with zero attached hydrogens (tertiary/aromatic N) is 1. The molecule has 26 heavy (non-hydrogen) atoms. The van der Waals surface area contributed by atoms with E-state index in [4.69, 9.17) is 19.9 Å². The van der Waals surface area contributed by atoms with Gasteiger partial charge in [-0.1, -0.05) is 30.3 Å². The average molecular weight is 356 g/mol. The zero-order chi connectivity index (χ0) is 18.2. The maximum atomic E-state index is 12.3. The Hall–Kier alpha value is -2.57. The lowest BCUT2D eigenvalue weighted by Gasteiger charge is -2.26. The summed E-state index contributed by atoms with van der Waals surface area (Å²) in [7, 11) is 0. The van der Waals surface area contributed by atoms with Gasteiger partial charge in [0.05, 0.1) is 24.5 Å². The first-order valence-electron chi connectivity index (χ1n) is 8.76. The highest BCUT2D eigenvalue weighted by molar-refractivity contribution is 5.90. The molecule has 0 amide bonds. The summed E-state index contributed by atoms with van der Waals surface area (Å²) in [6.45, 7) is 4.86. The number of morpholine rings is 1. The van der Waals surface area contributed by atoms with Crippen LogP contribution in [0.1, 0.15) is 15.9 Å². The highest BCUT2D eigenvalue weighted by Crippen LogP contribution is 2.23. The fourth-order valence-corrected chi connectivity index (χ4v) is 2.70. The lowest BCUT2D eigenvalue weighted by Crippen LogP contribution is -2.38. The van der Waals surface area contributed by atoms with Crippen molar-refractivity contribution < 1.29 is 19.0 Å². The minimum Gasteiger partial charge on any atom is -0.490 e. The van der Waals surface area contributed by atoms with Gasteiger partial charge in [0.15, 0.2) is 0 Å². The smallest absolute Gasteiger partial charge is 0.338 e. The van der Waals surface area contributed by atoms with E-state index in [2.05, 4.69) is 4.90 Å². The minimum absolute atomic E-state index is 0.233. The predicted octanol–water partition coefficient (Wildman–Crippen LogP) is 2.34. The minimum atomic E-state index is -0.396. The van der Waals surface area contributed by atoms with E-state index in [-0.39, 0.29) is 6.61 Å². The molecule has 3 rings (SSSR count). The Labute approximate surface area is 153 Å². The second-order valence-electron chi connectivity index (χ2n) is 6.12. The molecule has 138 valence electrons. The van der Waals surface area contributed by atoms with Gasteiger partial charge in [0.25, 0.3) is 0 Å². The van der Waals surface area contributed by atoms with E-state index in [1.807, 2.05) is 30.3 Å². The van der Waals surface area contributed by atoms with Crippen molar-refractivity contribution in [2.24, 2.45) is 0 Å². The Bertz CT molecular complexity index is 715. The molecule has 0 atom stereocenters. The SMILES string of the molecule is Nc1ccc(C(=O)OCc2ccccc2)cc1OCCN1CCOCC1. The number of benzene rings is 2. The number of hydrogen-bond donors (Lipinski definition) is 1. The fraction of sp³-hybridized carbons (Fsp3) is 0.350. The largest absolute Gasteiger partial charge is 0.490 e. The van der Waals surface area contributed by atoms with Gasteiger partial charge in [0.2, 0.25) is 0 Å². The molecule has 1 heterocycles. The van der Waals surface area contributed by atoms with Crippen LogP contribution in [0.25, 0.3) is 0 Å². The lowest BCUT2D eigenvalue weighted by molar-refractivity contribution is 0.0322. The molecular weight excluding hydrogens is 332 g/mol. The van der Waals surface area contributed by atoms with E-state index in [0.29, 0.717) is 23.6 Å². The van der Waals surface area contributed by atoms with Gasteiger partial charge in [0.1, 0.15) is 19.0 Å². The molecular formula is C20H24N2O4. The number of hydrogen-bond acceptors (Lipinski definition) is 6. The third-order valence-corrected chi connectivity index (χ3v) is 4.23. The summed E-state index contributed by atoms with van der Waals surface area (Å²) < 4.78 is 16.5. The monoisotopic (exact) mass is 356 g/mol. The van der Waals surface area contributed by atoms with E-state index in [0.717, 1.165) is 38.4 Å². The van der Waals surface area contributed by atoms with Gasteiger partial charge < -0.3 is 19.9 Å². The van der Waals surface area contributed by atoms with Gasteiger partial charge in [-0.15, -0.1) is 0 Å². The quantitative estimate of drug-likeness (QED) is 0.606. The molecule has 0 spiro atoms. The van der Waals surface area contributed by atoms with Gasteiger partial charge in [-0.05, 0) is 23.8 Å². The average Bonchev–Trinajstić information content (AvgIpc) is 2.69. The van der Waals surface area contributed by atoms with Crippen molar-refractivity contribution in [3.05, 3.63) is 59.7 Å². The molecule has 0 saturated carbocycles. The molecule has 2 aromatic rings. The topological polar surface area (TPSA) is 74.0 Å². The van der Waals surface area contributed by atoms with Crippen molar-refractivity contribution in [2.45, 2.75) is 6.61 Å². The summed E-state index contributed by atoms with van der Waals surface area (Å²) in [6, 6.07) is 14.5. The van der Waals surface area contributed by atoms with Crippen LogP contribution in [0, 0.1) is 0 Å². The van der Waals surface area contributed by atoms with Gasteiger partial charge >= 0.3 is 5.97 Å². The number of ether oxygens (including phenoxy) is 3. The Morgan fingerprint density at radius 3 is 2.65 bits per heavy atom. The zero-order valence-electron chi connectivity index (χ0n) is 14.7. The Balaban J connectivity index is 1.53. The van der Waals surface area contributed by atoms with E-state index in [9.17, 15) is 4.79 Å². The van der Waals surface area contributed by atoms with Crippen LogP contribution >= 0.6 is 0 Å². The van der Waals surface area contributed by atoms with E-state index < -0.39 is 5.97 Å². The molecule has 2 N–H and O–H groups in total. The van der Waals surface area contributed by atoms with Crippen molar-refractivity contribution in [1.82, 2.24) is 4.90 Å². The van der Waals surface area contributed by atoms with E-state index in [1.165, 1.54) is 0 Å². The predicted molar refractivity (Wildman–Crippen MR) is 99.2 cm³/mol. The van der Waals surface area contributed by atoms with Crippen LogP contribution in [0.2, 0.25) is 0 Å². The molecule has 6 nitrogen and oxygen atoms in total. The van der Waals surface area contributed by atoms with E-state index in [1.54, 1.807) is 18.2 Å². The lowest BCUT2D eigenvalue weighted by atomic mass is 10.2. The zero-order valence-corrected chi connectivity index (χ0v) is 14.7. The van der Waals surface area contributed by atoms with Crippen LogP contribution in [0.4, 0.5) is 5.69 Å². The Kier molecular flexibility index (Phi) is 6.46. The van der Waals surface area contributed by atoms with Gasteiger partial charge in [-0.3, -0.25) is 4.90 Å². The van der Waals surface area contributed by atoms with Crippen LogP contribution in [-0.4, -0.2) is 50.3 Å². The summed E-state index contributed by atoms with van der Waals surface area (Å²) in [4.78, 5) is 14.5. The Morgan fingerprint density at radius 1 is 1.12 bits per heavy atom. The number of esters is 1. The third kappa shape index (κ3) is 5.21. The van der Waals surface area contributed by atoms with Crippen LogP contribution in [0.5, 0.6) is 5.75 Å². The standard InChI is InChI=1S/C20H24N2O4/c21-18-7-6-17(20(23)26-15-16-4-2-1-3-5-16)14-19(18)25-13-10-22-8-11-24-12-9-22/h1-7,14H,8-13,15,21H2. The van der Waals surface area contributed by atoms with Crippen LogP contribution < -0.4 is 10.5 Å². The summed E-state index contributed by atoms with van der Waals surface area (Å²) in [5.41, 5.74) is 7.84. The number of nitrogens with two attached hydrogens (primary N) is 1. The molecule has 0 bridgehead atoms. The molecule has 0 aromatic heterocycles. The second kappa shape index (κ2) is 9.22. The molecule has 1 saturated heterocycles. The van der Waals surface area contributed by atoms with Gasteiger partial charge in [-0.2, -0.15) is 0 Å². The number of carbonyl (C=O) groups is 1. The van der Waals surface area contributed by atoms with Gasteiger partial charge in [-0.25, -0.2) is 4.79 Å². The molecule has 0 unspecified atom stereocenters. The summed E-state index contributed by atoms with van der Waals surface area (Å²) in [6.07, 6.45) is 0. The molecule has 1 fully saturated rings. The van der Waals surface area contributed by atoms with Crippen molar-refractivity contribution in [2.75, 3.05) is 45.2 Å². The molecule has 1 aliphatic rings. The Morgan fingerprint density at radius 2 is 1.88 bits per heavy atom. The van der Waals surface area contributed by atoms with Crippen molar-refractivity contribution in [3.8, 4) is 5.75 Å². The number of nitrogen functional groups attached to an aromatic ring is 1. The highest BCUT2D eigenvalue weighted by Gasteiger charge is 2.13. The first-order chi connectivity index (χ1) is 12.7. The summed E-state index contributed by atoms with van der Waals surface area (Å²) in [5.74, 6) is 0.110. The van der Waals surface area contributed by atoms with Crippen molar-refractivity contribution in [3.63, 3.8) is 0 Å². The number of rotatable bonds is 7. The summed E-state index contributed by atoms with van der Waals surface area (Å²) in [5, 5.41) is 0. The van der Waals surface area contributed by atoms with E-state index >= 15 is 0 Å². The molecule has 2 aromatic carbocycles. The van der Waals surface area contributed by atoms with Crippen molar-refractivity contribution >= 4 is 11.7 Å². The maximum absolute atomic E-state index is 12.3. The first kappa shape index (κ1) is 18.2. The van der Waals surface area contributed by atoms with Gasteiger partial charge in [0, 0.05) is 19.6 Å².